The minimum Gasteiger partial charge on any atom is -0.496 e. The van der Waals surface area contributed by atoms with Crippen molar-refractivity contribution in [1.29, 1.82) is 0 Å². The van der Waals surface area contributed by atoms with Crippen LogP contribution in [0.2, 0.25) is 0 Å². The average Bonchev–Trinajstić information content (AvgIpc) is 2.32. The van der Waals surface area contributed by atoms with Crippen LogP contribution in [0.3, 0.4) is 0 Å². The molecular formula is C12H12BrN3O. The zero-order valence-corrected chi connectivity index (χ0v) is 10.9. The summed E-state index contributed by atoms with van der Waals surface area (Å²) >= 11 is 3.43. The molecule has 0 spiro atoms. The van der Waals surface area contributed by atoms with E-state index < -0.39 is 0 Å². The minimum atomic E-state index is 0.645. The number of nitrogens with zero attached hydrogens (tertiary/aromatic N) is 1. The van der Waals surface area contributed by atoms with E-state index in [1.54, 1.807) is 19.4 Å². The van der Waals surface area contributed by atoms with E-state index in [4.69, 9.17) is 10.5 Å². The van der Waals surface area contributed by atoms with Crippen molar-refractivity contribution in [3.63, 3.8) is 0 Å². The van der Waals surface area contributed by atoms with E-state index in [0.29, 0.717) is 5.69 Å². The van der Waals surface area contributed by atoms with E-state index in [1.807, 2.05) is 24.3 Å². The van der Waals surface area contributed by atoms with Crippen LogP contribution in [0, 0.1) is 0 Å². The second kappa shape index (κ2) is 5.05. The van der Waals surface area contributed by atoms with Crippen molar-refractivity contribution in [1.82, 2.24) is 4.98 Å². The standard InChI is InChI=1S/C12H12BrN3O/c1-17-11-4-3-9(6-10(11)13)16-12-5-2-8(14)7-15-12/h2-7H,14H2,1H3,(H,15,16). The Labute approximate surface area is 108 Å². The largest absolute Gasteiger partial charge is 0.496 e. The van der Waals surface area contributed by atoms with Crippen molar-refractivity contribution >= 4 is 33.1 Å². The highest BCUT2D eigenvalue weighted by molar-refractivity contribution is 9.10. The molecule has 0 aliphatic heterocycles. The summed E-state index contributed by atoms with van der Waals surface area (Å²) in [5.41, 5.74) is 7.14. The Morgan fingerprint density at radius 1 is 1.29 bits per heavy atom. The number of anilines is 3. The molecule has 0 fully saturated rings. The van der Waals surface area contributed by atoms with E-state index in [0.717, 1.165) is 21.7 Å². The number of hydrogen-bond donors (Lipinski definition) is 2. The Morgan fingerprint density at radius 3 is 2.71 bits per heavy atom. The monoisotopic (exact) mass is 293 g/mol. The fourth-order valence-corrected chi connectivity index (χ4v) is 1.91. The number of methoxy groups -OCH3 is 1. The molecule has 4 nitrogen and oxygen atoms in total. The lowest BCUT2D eigenvalue weighted by atomic mass is 10.3. The van der Waals surface area contributed by atoms with Crippen molar-refractivity contribution in [3.05, 3.63) is 41.0 Å². The van der Waals surface area contributed by atoms with Gasteiger partial charge in [-0.05, 0) is 46.3 Å². The molecule has 0 aliphatic rings. The quantitative estimate of drug-likeness (QED) is 0.912. The molecule has 0 radical (unpaired) electrons. The summed E-state index contributed by atoms with van der Waals surface area (Å²) in [6.45, 7) is 0. The van der Waals surface area contributed by atoms with E-state index in [1.165, 1.54) is 0 Å². The molecule has 0 bridgehead atoms. The number of nitrogen functional groups attached to an aromatic ring is 1. The molecule has 5 heteroatoms. The number of hydrogen-bond acceptors (Lipinski definition) is 4. The third-order valence-electron chi connectivity index (χ3n) is 2.21. The predicted molar refractivity (Wildman–Crippen MR) is 72.6 cm³/mol. The van der Waals surface area contributed by atoms with Crippen LogP contribution < -0.4 is 15.8 Å². The van der Waals surface area contributed by atoms with Gasteiger partial charge in [0.2, 0.25) is 0 Å². The summed E-state index contributed by atoms with van der Waals surface area (Å²) in [6.07, 6.45) is 1.61. The second-order valence-electron chi connectivity index (χ2n) is 3.45. The number of pyridine rings is 1. The molecular weight excluding hydrogens is 282 g/mol. The number of nitrogens with two attached hydrogens (primary N) is 1. The van der Waals surface area contributed by atoms with Crippen LogP contribution >= 0.6 is 15.9 Å². The fourth-order valence-electron chi connectivity index (χ4n) is 1.37. The molecule has 3 N–H and O–H groups in total. The van der Waals surface area contributed by atoms with Gasteiger partial charge in [0.05, 0.1) is 23.5 Å². The number of benzene rings is 1. The topological polar surface area (TPSA) is 60.2 Å². The van der Waals surface area contributed by atoms with Gasteiger partial charge in [0.25, 0.3) is 0 Å². The summed E-state index contributed by atoms with van der Waals surface area (Å²) in [6, 6.07) is 9.35. The van der Waals surface area contributed by atoms with Crippen molar-refractivity contribution in [2.45, 2.75) is 0 Å². The minimum absolute atomic E-state index is 0.645. The van der Waals surface area contributed by atoms with Gasteiger partial charge in [0.1, 0.15) is 11.6 Å². The van der Waals surface area contributed by atoms with E-state index >= 15 is 0 Å². The van der Waals surface area contributed by atoms with Gasteiger partial charge in [0, 0.05) is 5.69 Å². The normalized spacial score (nSPS) is 10.0. The zero-order valence-electron chi connectivity index (χ0n) is 9.27. The summed E-state index contributed by atoms with van der Waals surface area (Å²) in [5.74, 6) is 1.54. The highest BCUT2D eigenvalue weighted by Gasteiger charge is 2.02. The highest BCUT2D eigenvalue weighted by Crippen LogP contribution is 2.28. The number of ether oxygens (including phenoxy) is 1. The molecule has 2 aromatic rings. The average molecular weight is 294 g/mol. The van der Waals surface area contributed by atoms with Gasteiger partial charge < -0.3 is 15.8 Å². The first-order valence-electron chi connectivity index (χ1n) is 5.01. The lowest BCUT2D eigenvalue weighted by molar-refractivity contribution is 0.412. The Kier molecular flexibility index (Phi) is 3.49. The molecule has 1 aromatic carbocycles. The van der Waals surface area contributed by atoms with Crippen molar-refractivity contribution < 1.29 is 4.74 Å². The molecule has 0 unspecified atom stereocenters. The van der Waals surface area contributed by atoms with Crippen LogP contribution in [-0.2, 0) is 0 Å². The van der Waals surface area contributed by atoms with Gasteiger partial charge in [0.15, 0.2) is 0 Å². The molecule has 0 atom stereocenters. The Balaban J connectivity index is 2.19. The first kappa shape index (κ1) is 11.7. The molecule has 0 saturated heterocycles. The Bertz CT molecular complexity index is 514. The smallest absolute Gasteiger partial charge is 0.133 e. The fraction of sp³-hybridized carbons (Fsp3) is 0.0833. The maximum atomic E-state index is 5.57. The summed E-state index contributed by atoms with van der Waals surface area (Å²) < 4.78 is 6.05. The van der Waals surface area contributed by atoms with Crippen molar-refractivity contribution in [2.75, 3.05) is 18.2 Å². The van der Waals surface area contributed by atoms with Crippen molar-refractivity contribution in [2.24, 2.45) is 0 Å². The first-order valence-corrected chi connectivity index (χ1v) is 5.80. The van der Waals surface area contributed by atoms with Crippen LogP contribution in [0.15, 0.2) is 41.0 Å². The summed E-state index contributed by atoms with van der Waals surface area (Å²) in [7, 11) is 1.63. The molecule has 17 heavy (non-hydrogen) atoms. The number of aromatic nitrogens is 1. The lowest BCUT2D eigenvalue weighted by Crippen LogP contribution is -1.95. The maximum absolute atomic E-state index is 5.57. The summed E-state index contributed by atoms with van der Waals surface area (Å²) in [4.78, 5) is 4.16. The Morgan fingerprint density at radius 2 is 2.12 bits per heavy atom. The SMILES string of the molecule is COc1ccc(Nc2ccc(N)cn2)cc1Br. The molecule has 88 valence electrons. The van der Waals surface area contributed by atoms with Crippen LogP contribution in [-0.4, -0.2) is 12.1 Å². The van der Waals surface area contributed by atoms with Crippen molar-refractivity contribution in [3.8, 4) is 5.75 Å². The third-order valence-corrected chi connectivity index (χ3v) is 2.83. The molecule has 0 aliphatic carbocycles. The van der Waals surface area contributed by atoms with Crippen LogP contribution in [0.5, 0.6) is 5.75 Å². The number of nitrogens with one attached hydrogen (secondary N) is 1. The second-order valence-corrected chi connectivity index (χ2v) is 4.31. The third kappa shape index (κ3) is 2.88. The molecule has 2 rings (SSSR count). The molecule has 0 amide bonds. The number of halogens is 1. The predicted octanol–water partition coefficient (Wildman–Crippen LogP) is 3.18. The van der Waals surface area contributed by atoms with E-state index in [9.17, 15) is 0 Å². The lowest BCUT2D eigenvalue weighted by Gasteiger charge is -2.08. The molecule has 1 aromatic heterocycles. The van der Waals surface area contributed by atoms with Gasteiger partial charge in [-0.15, -0.1) is 0 Å². The first-order chi connectivity index (χ1) is 8.19. The maximum Gasteiger partial charge on any atom is 0.133 e. The van der Waals surface area contributed by atoms with Gasteiger partial charge in [-0.3, -0.25) is 0 Å². The van der Waals surface area contributed by atoms with E-state index in [2.05, 4.69) is 26.2 Å². The van der Waals surface area contributed by atoms with Gasteiger partial charge >= 0.3 is 0 Å². The Hall–Kier alpha value is -1.75. The van der Waals surface area contributed by atoms with E-state index in [-0.39, 0.29) is 0 Å². The van der Waals surface area contributed by atoms with Crippen LogP contribution in [0.1, 0.15) is 0 Å². The molecule has 0 saturated carbocycles. The van der Waals surface area contributed by atoms with Crippen LogP contribution in [0.25, 0.3) is 0 Å². The highest BCUT2D eigenvalue weighted by atomic mass is 79.9. The number of rotatable bonds is 3. The van der Waals surface area contributed by atoms with Gasteiger partial charge in [-0.1, -0.05) is 0 Å². The summed E-state index contributed by atoms with van der Waals surface area (Å²) in [5, 5.41) is 3.17. The van der Waals surface area contributed by atoms with Gasteiger partial charge in [-0.2, -0.15) is 0 Å². The molecule has 1 heterocycles. The van der Waals surface area contributed by atoms with Crippen LogP contribution in [0.4, 0.5) is 17.2 Å². The zero-order chi connectivity index (χ0) is 12.3. The van der Waals surface area contributed by atoms with Gasteiger partial charge in [-0.25, -0.2) is 4.98 Å².